The van der Waals surface area contributed by atoms with E-state index in [4.69, 9.17) is 14.7 Å². The minimum Gasteiger partial charge on any atom is -0.497 e. The highest BCUT2D eigenvalue weighted by Gasteiger charge is 2.37. The number of methoxy groups -OCH3 is 2. The fraction of sp³-hybridized carbons (Fsp3) is 0.316. The molecule has 1 unspecified atom stereocenters. The summed E-state index contributed by atoms with van der Waals surface area (Å²) in [6.45, 7) is 0.430. The Bertz CT molecular complexity index is 950. The van der Waals surface area contributed by atoms with Gasteiger partial charge in [0.1, 0.15) is 11.5 Å². The largest absolute Gasteiger partial charge is 0.497 e. The van der Waals surface area contributed by atoms with Gasteiger partial charge in [-0.05, 0) is 37.1 Å². The molecule has 0 saturated carbocycles. The van der Waals surface area contributed by atoms with Gasteiger partial charge < -0.3 is 9.47 Å². The number of rotatable bonds is 5. The molecule has 0 bridgehead atoms. The normalized spacial score (nSPS) is 17.7. The summed E-state index contributed by atoms with van der Waals surface area (Å²) in [6.07, 6.45) is 1.47. The molecule has 0 N–H and O–H groups in total. The second-order valence-corrected chi connectivity index (χ2v) is 7.91. The summed E-state index contributed by atoms with van der Waals surface area (Å²) in [7, 11) is -0.583. The zero-order chi connectivity index (χ0) is 18.7. The smallest absolute Gasteiger partial charge is 0.243 e. The van der Waals surface area contributed by atoms with Crippen molar-refractivity contribution in [3.8, 4) is 17.6 Å². The third kappa shape index (κ3) is 3.26. The monoisotopic (exact) mass is 372 g/mol. The third-order valence-electron chi connectivity index (χ3n) is 4.57. The number of benzene rings is 2. The number of sulfonamides is 1. The number of hydrogen-bond donors (Lipinski definition) is 0. The van der Waals surface area contributed by atoms with Crippen LogP contribution >= 0.6 is 0 Å². The van der Waals surface area contributed by atoms with Gasteiger partial charge in [0.05, 0.1) is 36.8 Å². The van der Waals surface area contributed by atoms with Crippen molar-refractivity contribution in [3.05, 3.63) is 53.6 Å². The molecule has 2 aromatic carbocycles. The van der Waals surface area contributed by atoms with E-state index in [9.17, 15) is 8.42 Å². The van der Waals surface area contributed by atoms with E-state index in [1.807, 2.05) is 12.1 Å². The van der Waals surface area contributed by atoms with Crippen molar-refractivity contribution in [2.45, 2.75) is 23.8 Å². The Labute approximate surface area is 153 Å². The van der Waals surface area contributed by atoms with Gasteiger partial charge in [-0.2, -0.15) is 9.57 Å². The molecule has 1 aliphatic heterocycles. The van der Waals surface area contributed by atoms with Crippen LogP contribution in [0.15, 0.2) is 47.4 Å². The van der Waals surface area contributed by atoms with Gasteiger partial charge in [0.15, 0.2) is 0 Å². The highest BCUT2D eigenvalue weighted by atomic mass is 32.2. The molecule has 1 atom stereocenters. The van der Waals surface area contributed by atoms with E-state index in [0.29, 0.717) is 30.0 Å². The Hall–Kier alpha value is -2.56. The predicted octanol–water partition coefficient (Wildman–Crippen LogP) is 3.10. The average Bonchev–Trinajstić information content (AvgIpc) is 3.18. The second kappa shape index (κ2) is 7.36. The van der Waals surface area contributed by atoms with Gasteiger partial charge in [0.2, 0.25) is 10.0 Å². The quantitative estimate of drug-likeness (QED) is 0.806. The van der Waals surface area contributed by atoms with Crippen molar-refractivity contribution in [3.63, 3.8) is 0 Å². The number of ether oxygens (including phenoxy) is 2. The van der Waals surface area contributed by atoms with Gasteiger partial charge in [-0.3, -0.25) is 0 Å². The molecule has 0 aromatic heterocycles. The summed E-state index contributed by atoms with van der Waals surface area (Å²) in [5, 5.41) is 9.05. The molecule has 3 rings (SSSR count). The highest BCUT2D eigenvalue weighted by Crippen LogP contribution is 2.41. The summed E-state index contributed by atoms with van der Waals surface area (Å²) in [6, 6.07) is 13.2. The summed E-state index contributed by atoms with van der Waals surface area (Å²) in [4.78, 5) is 0.135. The Morgan fingerprint density at radius 3 is 2.65 bits per heavy atom. The van der Waals surface area contributed by atoms with Crippen LogP contribution < -0.4 is 9.47 Å². The maximum absolute atomic E-state index is 13.2. The van der Waals surface area contributed by atoms with Crippen molar-refractivity contribution in [1.82, 2.24) is 4.31 Å². The van der Waals surface area contributed by atoms with Gasteiger partial charge in [0, 0.05) is 18.2 Å². The molecular weight excluding hydrogens is 352 g/mol. The number of nitriles is 1. The Morgan fingerprint density at radius 2 is 1.96 bits per heavy atom. The fourth-order valence-electron chi connectivity index (χ4n) is 3.29. The van der Waals surface area contributed by atoms with Gasteiger partial charge >= 0.3 is 0 Å². The second-order valence-electron chi connectivity index (χ2n) is 6.02. The van der Waals surface area contributed by atoms with Crippen LogP contribution in [0.5, 0.6) is 11.5 Å². The molecule has 1 heterocycles. The van der Waals surface area contributed by atoms with Crippen LogP contribution in [-0.4, -0.2) is 33.5 Å². The molecule has 6 nitrogen and oxygen atoms in total. The van der Waals surface area contributed by atoms with Crippen molar-refractivity contribution >= 4 is 10.0 Å². The van der Waals surface area contributed by atoms with E-state index in [-0.39, 0.29) is 10.9 Å². The Balaban J connectivity index is 2.02. The van der Waals surface area contributed by atoms with Crippen LogP contribution in [0.1, 0.15) is 30.0 Å². The Morgan fingerprint density at radius 1 is 1.15 bits per heavy atom. The van der Waals surface area contributed by atoms with Crippen molar-refractivity contribution in [2.24, 2.45) is 0 Å². The first-order chi connectivity index (χ1) is 12.5. The first-order valence-corrected chi connectivity index (χ1v) is 9.69. The van der Waals surface area contributed by atoms with Crippen LogP contribution in [0.4, 0.5) is 0 Å². The molecule has 0 amide bonds. The van der Waals surface area contributed by atoms with Gasteiger partial charge in [0.25, 0.3) is 0 Å². The molecule has 0 radical (unpaired) electrons. The lowest BCUT2D eigenvalue weighted by atomic mass is 10.0. The molecule has 0 aliphatic carbocycles. The molecule has 0 spiro atoms. The summed E-state index contributed by atoms with van der Waals surface area (Å²) < 4.78 is 38.5. The summed E-state index contributed by atoms with van der Waals surface area (Å²) in [5.41, 5.74) is 1.13. The topological polar surface area (TPSA) is 79.6 Å². The highest BCUT2D eigenvalue weighted by molar-refractivity contribution is 7.89. The predicted molar refractivity (Wildman–Crippen MR) is 96.6 cm³/mol. The third-order valence-corrected chi connectivity index (χ3v) is 6.48. The zero-order valence-electron chi connectivity index (χ0n) is 14.7. The molecule has 136 valence electrons. The van der Waals surface area contributed by atoms with Crippen LogP contribution in [0.25, 0.3) is 0 Å². The molecule has 2 aromatic rings. The fourth-order valence-corrected chi connectivity index (χ4v) is 5.01. The maximum Gasteiger partial charge on any atom is 0.243 e. The standard InChI is InChI=1S/C19H20N2O4S/c1-24-15-8-9-17(19(12-15)25-2)18-7-4-10-21(18)26(22,23)16-6-3-5-14(11-16)13-20/h3,5-6,8-9,11-12,18H,4,7,10H2,1-2H3. The summed E-state index contributed by atoms with van der Waals surface area (Å²) >= 11 is 0. The van der Waals surface area contributed by atoms with E-state index < -0.39 is 10.0 Å². The molecule has 7 heteroatoms. The molecular formula is C19H20N2O4S. The van der Waals surface area contributed by atoms with Crippen LogP contribution in [0.2, 0.25) is 0 Å². The lowest BCUT2D eigenvalue weighted by Crippen LogP contribution is -2.31. The first-order valence-electron chi connectivity index (χ1n) is 8.25. The lowest BCUT2D eigenvalue weighted by Gasteiger charge is -2.26. The lowest BCUT2D eigenvalue weighted by molar-refractivity contribution is 0.361. The molecule has 1 aliphatic rings. The number of nitrogens with zero attached hydrogens (tertiary/aromatic N) is 2. The SMILES string of the molecule is COc1ccc(C2CCCN2S(=O)(=O)c2cccc(C#N)c2)c(OC)c1. The molecule has 26 heavy (non-hydrogen) atoms. The Kier molecular flexibility index (Phi) is 5.16. The number of hydrogen-bond acceptors (Lipinski definition) is 5. The van der Waals surface area contributed by atoms with Crippen molar-refractivity contribution in [1.29, 1.82) is 5.26 Å². The van der Waals surface area contributed by atoms with E-state index in [2.05, 4.69) is 0 Å². The van der Waals surface area contributed by atoms with Crippen molar-refractivity contribution in [2.75, 3.05) is 20.8 Å². The van der Waals surface area contributed by atoms with E-state index >= 15 is 0 Å². The summed E-state index contributed by atoms with van der Waals surface area (Å²) in [5.74, 6) is 1.25. The van der Waals surface area contributed by atoms with Crippen LogP contribution in [0, 0.1) is 11.3 Å². The van der Waals surface area contributed by atoms with E-state index in [1.165, 1.54) is 16.4 Å². The van der Waals surface area contributed by atoms with Crippen LogP contribution in [-0.2, 0) is 10.0 Å². The van der Waals surface area contributed by atoms with Gasteiger partial charge in [-0.1, -0.05) is 12.1 Å². The molecule has 1 saturated heterocycles. The zero-order valence-corrected chi connectivity index (χ0v) is 15.5. The minimum atomic E-state index is -3.71. The first kappa shape index (κ1) is 18.2. The average molecular weight is 372 g/mol. The molecule has 1 fully saturated rings. The van der Waals surface area contributed by atoms with Crippen molar-refractivity contribution < 1.29 is 17.9 Å². The van der Waals surface area contributed by atoms with Crippen LogP contribution in [0.3, 0.4) is 0 Å². The van der Waals surface area contributed by atoms with Gasteiger partial charge in [-0.15, -0.1) is 0 Å². The van der Waals surface area contributed by atoms with E-state index in [0.717, 1.165) is 12.0 Å². The van der Waals surface area contributed by atoms with Gasteiger partial charge in [-0.25, -0.2) is 8.42 Å². The minimum absolute atomic E-state index is 0.135. The maximum atomic E-state index is 13.2. The van der Waals surface area contributed by atoms with E-state index in [1.54, 1.807) is 38.5 Å².